The summed E-state index contributed by atoms with van der Waals surface area (Å²) in [5, 5.41) is 0. The molecule has 0 aromatic rings. The second-order valence-electron chi connectivity index (χ2n) is 4.63. The molecule has 0 radical (unpaired) electrons. The van der Waals surface area contributed by atoms with Crippen LogP contribution in [-0.2, 0) is 9.36 Å². The molecule has 0 aliphatic rings. The Hall–Kier alpha value is -0.620. The molecule has 0 aliphatic heterocycles. The molecule has 104 valence electrons. The molecule has 0 rings (SSSR count). The maximum absolute atomic E-state index is 11.4. The van der Waals surface area contributed by atoms with Crippen LogP contribution in [0.2, 0.25) is 0 Å². The number of carbonyl (C=O) groups is 1. The van der Waals surface area contributed by atoms with Crippen molar-refractivity contribution in [3.05, 3.63) is 0 Å². The van der Waals surface area contributed by atoms with Gasteiger partial charge in [0.25, 0.3) is 0 Å². The molecule has 0 saturated heterocycles. The molecule has 0 heterocycles. The molecule has 1 atom stereocenters. The monoisotopic (exact) mass is 274 g/mol. The third kappa shape index (κ3) is 8.47. The second-order valence-corrected chi connectivity index (χ2v) is 6.28. The van der Waals surface area contributed by atoms with Crippen molar-refractivity contribution in [2.24, 2.45) is 11.8 Å². The molecule has 0 spiro atoms. The Morgan fingerprint density at radius 3 is 2.11 bits per heavy atom. The molecule has 0 unspecified atom stereocenters. The molecule has 0 aromatic carbocycles. The van der Waals surface area contributed by atoms with Crippen LogP contribution in [-0.4, -0.2) is 21.7 Å². The molecule has 0 saturated carbocycles. The van der Waals surface area contributed by atoms with Crippen LogP contribution in [0.4, 0.5) is 0 Å². The zero-order valence-corrected chi connectivity index (χ0v) is 12.2. The van der Waals surface area contributed by atoms with E-state index < -0.39 is 25.5 Å². The third-order valence-electron chi connectivity index (χ3n) is 2.99. The summed E-state index contributed by atoms with van der Waals surface area (Å²) in [6.45, 7) is 5.91. The first kappa shape index (κ1) is 17.4. The van der Waals surface area contributed by atoms with Gasteiger partial charge in [-0.2, -0.15) is 0 Å². The predicted octanol–water partition coefficient (Wildman–Crippen LogP) is 2.59. The highest BCUT2D eigenvalue weighted by Gasteiger charge is 2.22. The molecule has 0 aliphatic carbocycles. The van der Waals surface area contributed by atoms with E-state index in [-0.39, 0.29) is 0 Å². The summed E-state index contributed by atoms with van der Waals surface area (Å²) in [4.78, 5) is 28.8. The van der Waals surface area contributed by atoms with E-state index in [0.29, 0.717) is 12.3 Å². The summed E-state index contributed by atoms with van der Waals surface area (Å²) in [6, 6.07) is 0. The lowest BCUT2D eigenvalue weighted by Crippen LogP contribution is -2.14. The van der Waals surface area contributed by atoms with E-state index in [1.807, 2.05) is 0 Å². The van der Waals surface area contributed by atoms with Crippen molar-refractivity contribution in [2.45, 2.75) is 46.5 Å². The average Bonchev–Trinajstić information content (AvgIpc) is 2.26. The Morgan fingerprint density at radius 2 is 1.67 bits per heavy atom. The first-order chi connectivity index (χ1) is 8.30. The number of carbonyl (C=O) groups excluding carboxylic acids is 1. The Bertz CT molecular complexity index is 357. The topological polar surface area (TPSA) is 74.6 Å². The van der Waals surface area contributed by atoms with Crippen molar-refractivity contribution in [2.75, 3.05) is 6.16 Å². The molecule has 0 amide bonds. The minimum atomic E-state index is -4.24. The Kier molecular flexibility index (Phi) is 8.18. The van der Waals surface area contributed by atoms with Gasteiger partial charge in [0.15, 0.2) is 0 Å². The van der Waals surface area contributed by atoms with Gasteiger partial charge in [0.05, 0.1) is 0 Å². The van der Waals surface area contributed by atoms with Crippen LogP contribution in [0.1, 0.15) is 46.5 Å². The van der Waals surface area contributed by atoms with E-state index in [9.17, 15) is 9.36 Å². The van der Waals surface area contributed by atoms with Gasteiger partial charge in [-0.15, -0.1) is 11.8 Å². The lowest BCUT2D eigenvalue weighted by Gasteiger charge is -2.08. The van der Waals surface area contributed by atoms with Gasteiger partial charge in [0.1, 0.15) is 11.9 Å². The number of hydrogen-bond donors (Lipinski definition) is 2. The average molecular weight is 274 g/mol. The number of ketones is 1. The lowest BCUT2D eigenvalue weighted by molar-refractivity contribution is -0.119. The summed E-state index contributed by atoms with van der Waals surface area (Å²) in [7, 11) is -4.24. The number of Topliss-reactive ketones (excluding diaryl/α,β-unsaturated/α-hetero) is 1. The van der Waals surface area contributed by atoms with Crippen LogP contribution in [0, 0.1) is 23.7 Å². The lowest BCUT2D eigenvalue weighted by atomic mass is 9.99. The minimum absolute atomic E-state index is 0.374. The van der Waals surface area contributed by atoms with Crippen molar-refractivity contribution in [1.29, 1.82) is 0 Å². The third-order valence-corrected chi connectivity index (χ3v) is 3.71. The van der Waals surface area contributed by atoms with Crippen molar-refractivity contribution in [3.8, 4) is 11.8 Å². The van der Waals surface area contributed by atoms with Gasteiger partial charge in [-0.05, 0) is 5.92 Å². The molecule has 2 N–H and O–H groups in total. The van der Waals surface area contributed by atoms with Crippen molar-refractivity contribution < 1.29 is 19.1 Å². The molecule has 18 heavy (non-hydrogen) atoms. The van der Waals surface area contributed by atoms with Crippen molar-refractivity contribution in [3.63, 3.8) is 0 Å². The first-order valence-corrected chi connectivity index (χ1v) is 8.12. The Morgan fingerprint density at radius 1 is 1.17 bits per heavy atom. The van der Waals surface area contributed by atoms with E-state index >= 15 is 0 Å². The zero-order chi connectivity index (χ0) is 14.2. The Labute approximate surface area is 109 Å². The van der Waals surface area contributed by atoms with Crippen LogP contribution >= 0.6 is 7.60 Å². The summed E-state index contributed by atoms with van der Waals surface area (Å²) >= 11 is 0. The summed E-state index contributed by atoms with van der Waals surface area (Å²) in [5.41, 5.74) is 0. The van der Waals surface area contributed by atoms with Gasteiger partial charge in [-0.25, -0.2) is 0 Å². The zero-order valence-electron chi connectivity index (χ0n) is 11.3. The number of hydrogen-bond acceptors (Lipinski definition) is 2. The fourth-order valence-electron chi connectivity index (χ4n) is 1.49. The molecular weight excluding hydrogens is 251 g/mol. The van der Waals surface area contributed by atoms with E-state index in [1.54, 1.807) is 6.92 Å². The maximum atomic E-state index is 11.4. The first-order valence-electron chi connectivity index (χ1n) is 6.33. The highest BCUT2D eigenvalue weighted by atomic mass is 31.2. The summed E-state index contributed by atoms with van der Waals surface area (Å²) < 4.78 is 10.7. The normalized spacial score (nSPS) is 13.0. The molecule has 5 heteroatoms. The van der Waals surface area contributed by atoms with Crippen LogP contribution in [0.5, 0.6) is 0 Å². The molecule has 4 nitrogen and oxygen atoms in total. The smallest absolute Gasteiger partial charge is 0.324 e. The maximum Gasteiger partial charge on any atom is 0.332 e. The van der Waals surface area contributed by atoms with Gasteiger partial charge in [0.2, 0.25) is 0 Å². The second kappa shape index (κ2) is 8.48. The van der Waals surface area contributed by atoms with Gasteiger partial charge < -0.3 is 9.79 Å². The van der Waals surface area contributed by atoms with Crippen LogP contribution in [0.15, 0.2) is 0 Å². The van der Waals surface area contributed by atoms with Gasteiger partial charge in [-0.3, -0.25) is 9.36 Å². The number of rotatable bonds is 7. The highest BCUT2D eigenvalue weighted by molar-refractivity contribution is 7.52. The summed E-state index contributed by atoms with van der Waals surface area (Å²) in [6.07, 6.45) is 2.71. The molecule has 0 fully saturated rings. The predicted molar refractivity (Wildman–Crippen MR) is 72.2 cm³/mol. The van der Waals surface area contributed by atoms with Crippen molar-refractivity contribution in [1.82, 2.24) is 0 Å². The quantitative estimate of drug-likeness (QED) is 0.552. The fraction of sp³-hybridized carbons (Fsp3) is 0.769. The van der Waals surface area contributed by atoms with Gasteiger partial charge in [0, 0.05) is 18.8 Å². The van der Waals surface area contributed by atoms with Crippen LogP contribution in [0.25, 0.3) is 0 Å². The van der Waals surface area contributed by atoms with Gasteiger partial charge in [-0.1, -0.05) is 33.6 Å². The van der Waals surface area contributed by atoms with E-state index in [4.69, 9.17) is 9.79 Å². The largest absolute Gasteiger partial charge is 0.332 e. The SMILES string of the molecule is CCC(CC)CC#CC[C@H](C)C(=O)CP(=O)(O)O. The Balaban J connectivity index is 4.10. The molecular formula is C13H23O4P. The fourth-order valence-corrected chi connectivity index (χ4v) is 2.21. The minimum Gasteiger partial charge on any atom is -0.324 e. The van der Waals surface area contributed by atoms with Gasteiger partial charge >= 0.3 is 7.60 Å². The highest BCUT2D eigenvalue weighted by Crippen LogP contribution is 2.34. The molecule has 0 aromatic heterocycles. The molecule has 0 bridgehead atoms. The van der Waals surface area contributed by atoms with E-state index in [2.05, 4.69) is 25.7 Å². The van der Waals surface area contributed by atoms with E-state index in [0.717, 1.165) is 19.3 Å². The van der Waals surface area contributed by atoms with Crippen molar-refractivity contribution >= 4 is 13.4 Å². The van der Waals surface area contributed by atoms with E-state index in [1.165, 1.54) is 0 Å². The standard InChI is InChI=1S/C13H23O4P/c1-4-12(5-2)9-7-6-8-11(3)13(14)10-18(15,16)17/h11-12H,4-5,8-10H2,1-3H3,(H2,15,16,17)/t11-/m0/s1. The van der Waals surface area contributed by atoms with Crippen LogP contribution < -0.4 is 0 Å². The van der Waals surface area contributed by atoms with Crippen LogP contribution in [0.3, 0.4) is 0 Å². The summed E-state index contributed by atoms with van der Waals surface area (Å²) in [5.74, 6) is 5.74.